The van der Waals surface area contributed by atoms with E-state index in [1.807, 2.05) is 27.7 Å². The fourth-order valence-corrected chi connectivity index (χ4v) is 1.27. The second kappa shape index (κ2) is 5.36. The molecule has 1 aromatic carbocycles. The van der Waals surface area contributed by atoms with Crippen molar-refractivity contribution in [2.75, 3.05) is 0 Å². The maximum absolute atomic E-state index is 8.88. The lowest BCUT2D eigenvalue weighted by Crippen LogP contribution is -2.07. The molecule has 0 aliphatic carbocycles. The summed E-state index contributed by atoms with van der Waals surface area (Å²) in [6.45, 7) is 7.71. The van der Waals surface area contributed by atoms with Crippen molar-refractivity contribution >= 4 is 5.69 Å². The number of hydrogen-bond acceptors (Lipinski definition) is 3. The SMILES string of the molecule is CC(C)Oc1ccc(OC(C)C)c([N+]#N)c1. The van der Waals surface area contributed by atoms with E-state index in [9.17, 15) is 0 Å². The van der Waals surface area contributed by atoms with Crippen LogP contribution in [0.3, 0.4) is 0 Å². The van der Waals surface area contributed by atoms with Gasteiger partial charge in [0.15, 0.2) is 4.98 Å². The second-order valence-corrected chi connectivity index (χ2v) is 4.06. The molecule has 16 heavy (non-hydrogen) atoms. The molecule has 0 N–H and O–H groups in total. The van der Waals surface area contributed by atoms with Crippen molar-refractivity contribution in [2.24, 2.45) is 0 Å². The normalized spacial score (nSPS) is 10.3. The average molecular weight is 221 g/mol. The Morgan fingerprint density at radius 3 is 2.19 bits per heavy atom. The van der Waals surface area contributed by atoms with Crippen LogP contribution >= 0.6 is 0 Å². The molecule has 86 valence electrons. The summed E-state index contributed by atoms with van der Waals surface area (Å²) in [6, 6.07) is 5.19. The predicted molar refractivity (Wildman–Crippen MR) is 62.7 cm³/mol. The molecule has 0 radical (unpaired) electrons. The molecule has 0 fully saturated rings. The summed E-state index contributed by atoms with van der Waals surface area (Å²) in [4.78, 5) is 3.19. The van der Waals surface area contributed by atoms with Gasteiger partial charge in [0, 0.05) is 0 Å². The zero-order valence-corrected chi connectivity index (χ0v) is 10.1. The van der Waals surface area contributed by atoms with Crippen molar-refractivity contribution in [2.45, 2.75) is 39.9 Å². The first-order valence-electron chi connectivity index (χ1n) is 5.35. The van der Waals surface area contributed by atoms with Gasteiger partial charge in [0.25, 0.3) is 0 Å². The van der Waals surface area contributed by atoms with Gasteiger partial charge in [0.2, 0.25) is 11.1 Å². The van der Waals surface area contributed by atoms with Crippen molar-refractivity contribution in [3.63, 3.8) is 0 Å². The Labute approximate surface area is 95.8 Å². The lowest BCUT2D eigenvalue weighted by molar-refractivity contribution is 0.236. The molecular formula is C12H17N2O2+. The third-order valence-corrected chi connectivity index (χ3v) is 1.77. The summed E-state index contributed by atoms with van der Waals surface area (Å²) in [6.07, 6.45) is 0.126. The number of hydrogen-bond donors (Lipinski definition) is 0. The quantitative estimate of drug-likeness (QED) is 0.727. The van der Waals surface area contributed by atoms with Gasteiger partial charge in [-0.05, 0) is 39.8 Å². The van der Waals surface area contributed by atoms with E-state index in [2.05, 4.69) is 4.98 Å². The van der Waals surface area contributed by atoms with Gasteiger partial charge in [0.05, 0.1) is 18.3 Å². The van der Waals surface area contributed by atoms with Gasteiger partial charge in [-0.1, -0.05) is 0 Å². The molecule has 0 spiro atoms. The van der Waals surface area contributed by atoms with Crippen LogP contribution in [0.4, 0.5) is 5.69 Å². The van der Waals surface area contributed by atoms with Crippen LogP contribution in [0.2, 0.25) is 0 Å². The van der Waals surface area contributed by atoms with Crippen LogP contribution in [0.5, 0.6) is 11.5 Å². The number of nitrogens with zero attached hydrogens (tertiary/aromatic N) is 2. The Morgan fingerprint density at radius 2 is 1.69 bits per heavy atom. The maximum Gasteiger partial charge on any atom is 0.429 e. The van der Waals surface area contributed by atoms with Gasteiger partial charge in [-0.25, -0.2) is 0 Å². The van der Waals surface area contributed by atoms with Crippen molar-refractivity contribution in [3.8, 4) is 11.5 Å². The fourth-order valence-electron chi connectivity index (χ4n) is 1.27. The monoisotopic (exact) mass is 221 g/mol. The van der Waals surface area contributed by atoms with Crippen LogP contribution < -0.4 is 9.47 Å². The van der Waals surface area contributed by atoms with Crippen LogP contribution in [0.15, 0.2) is 18.2 Å². The summed E-state index contributed by atoms with van der Waals surface area (Å²) in [5.74, 6) is 1.22. The summed E-state index contributed by atoms with van der Waals surface area (Å²) in [5.41, 5.74) is 0.381. The van der Waals surface area contributed by atoms with Crippen molar-refractivity contribution in [1.29, 1.82) is 5.39 Å². The minimum Gasteiger partial charge on any atom is -0.491 e. The maximum atomic E-state index is 8.88. The minimum absolute atomic E-state index is 0.0392. The molecule has 0 unspecified atom stereocenters. The predicted octanol–water partition coefficient (Wildman–Crippen LogP) is 3.75. The Balaban J connectivity index is 2.94. The van der Waals surface area contributed by atoms with E-state index >= 15 is 0 Å². The molecule has 0 aromatic heterocycles. The Kier molecular flexibility index (Phi) is 4.12. The van der Waals surface area contributed by atoms with Crippen LogP contribution in [-0.2, 0) is 0 Å². The van der Waals surface area contributed by atoms with E-state index in [1.54, 1.807) is 18.2 Å². The lowest BCUT2D eigenvalue weighted by atomic mass is 10.2. The van der Waals surface area contributed by atoms with Gasteiger partial charge < -0.3 is 9.47 Å². The lowest BCUT2D eigenvalue weighted by Gasteiger charge is -2.10. The van der Waals surface area contributed by atoms with Gasteiger partial charge in [-0.15, -0.1) is 0 Å². The Morgan fingerprint density at radius 1 is 1.06 bits per heavy atom. The highest BCUT2D eigenvalue weighted by Crippen LogP contribution is 2.32. The zero-order valence-electron chi connectivity index (χ0n) is 10.1. The number of benzene rings is 1. The topological polar surface area (TPSA) is 46.6 Å². The van der Waals surface area contributed by atoms with E-state index in [0.717, 1.165) is 0 Å². The van der Waals surface area contributed by atoms with Gasteiger partial charge in [-0.3, -0.25) is 0 Å². The molecule has 0 atom stereocenters. The van der Waals surface area contributed by atoms with Gasteiger partial charge in [-0.2, -0.15) is 0 Å². The smallest absolute Gasteiger partial charge is 0.429 e. The van der Waals surface area contributed by atoms with Gasteiger partial charge in [0.1, 0.15) is 5.75 Å². The van der Waals surface area contributed by atoms with Gasteiger partial charge >= 0.3 is 5.69 Å². The molecular weight excluding hydrogens is 204 g/mol. The van der Waals surface area contributed by atoms with Crippen LogP contribution in [-0.4, -0.2) is 12.2 Å². The summed E-state index contributed by atoms with van der Waals surface area (Å²) in [7, 11) is 0. The molecule has 0 amide bonds. The second-order valence-electron chi connectivity index (χ2n) is 4.06. The third-order valence-electron chi connectivity index (χ3n) is 1.77. The van der Waals surface area contributed by atoms with Crippen LogP contribution in [0, 0.1) is 5.39 Å². The van der Waals surface area contributed by atoms with E-state index in [4.69, 9.17) is 14.9 Å². The number of diazo groups is 1. The average Bonchev–Trinajstić information content (AvgIpc) is 2.18. The van der Waals surface area contributed by atoms with Crippen LogP contribution in [0.25, 0.3) is 4.98 Å². The van der Waals surface area contributed by atoms with Crippen molar-refractivity contribution < 1.29 is 9.47 Å². The first kappa shape index (κ1) is 12.3. The fraction of sp³-hybridized carbons (Fsp3) is 0.500. The molecule has 0 saturated carbocycles. The molecule has 4 heteroatoms. The third kappa shape index (κ3) is 3.43. The van der Waals surface area contributed by atoms with Crippen molar-refractivity contribution in [1.82, 2.24) is 0 Å². The summed E-state index contributed by atoms with van der Waals surface area (Å²) in [5, 5.41) is 8.88. The van der Waals surface area contributed by atoms with E-state index in [0.29, 0.717) is 17.2 Å². The minimum atomic E-state index is 0.0392. The standard InChI is InChI=1S/C12H17N2O2/c1-8(2)15-10-5-6-12(16-9(3)4)11(7-10)14-13/h5-9H,1-4H3/q+1. The highest BCUT2D eigenvalue weighted by molar-refractivity contribution is 5.60. The highest BCUT2D eigenvalue weighted by atomic mass is 16.5. The zero-order chi connectivity index (χ0) is 12.1. The van der Waals surface area contributed by atoms with Crippen LogP contribution in [0.1, 0.15) is 27.7 Å². The van der Waals surface area contributed by atoms with E-state index < -0.39 is 0 Å². The summed E-state index contributed by atoms with van der Waals surface area (Å²) < 4.78 is 11.0. The molecule has 0 aliphatic rings. The van der Waals surface area contributed by atoms with E-state index in [1.165, 1.54) is 0 Å². The Hall–Kier alpha value is -1.76. The van der Waals surface area contributed by atoms with Crippen molar-refractivity contribution in [3.05, 3.63) is 23.2 Å². The molecule has 1 aromatic rings. The highest BCUT2D eigenvalue weighted by Gasteiger charge is 2.18. The summed E-state index contributed by atoms with van der Waals surface area (Å²) >= 11 is 0. The molecule has 1 rings (SSSR count). The molecule has 0 saturated heterocycles. The first-order chi connectivity index (χ1) is 7.52. The number of rotatable bonds is 4. The van der Waals surface area contributed by atoms with E-state index in [-0.39, 0.29) is 12.2 Å². The molecule has 4 nitrogen and oxygen atoms in total. The largest absolute Gasteiger partial charge is 0.491 e. The number of ether oxygens (including phenoxy) is 2. The first-order valence-corrected chi connectivity index (χ1v) is 5.35. The molecule has 0 aliphatic heterocycles. The molecule has 0 bridgehead atoms. The molecule has 0 heterocycles. The Bertz CT molecular complexity index is 394.